The quantitative estimate of drug-likeness (QED) is 0.723. The Labute approximate surface area is 93.2 Å². The molecule has 0 saturated heterocycles. The van der Waals surface area contributed by atoms with Crippen molar-refractivity contribution in [2.24, 2.45) is 0 Å². The van der Waals surface area contributed by atoms with E-state index in [0.29, 0.717) is 12.0 Å². The number of alkyl halides is 2. The van der Waals surface area contributed by atoms with Gasteiger partial charge in [-0.15, -0.1) is 0 Å². The molecule has 2 nitrogen and oxygen atoms in total. The minimum Gasteiger partial charge on any atom is -0.435 e. The largest absolute Gasteiger partial charge is 0.435 e. The molecule has 0 aromatic heterocycles. The average Bonchev–Trinajstić information content (AvgIpc) is 2.26. The summed E-state index contributed by atoms with van der Waals surface area (Å²) in [6.07, 6.45) is 1.49. The lowest BCUT2D eigenvalue weighted by Gasteiger charge is -2.11. The Kier molecular flexibility index (Phi) is 4.40. The molecule has 0 radical (unpaired) electrons. The first-order valence-electron chi connectivity index (χ1n) is 5.10. The Bertz CT molecular complexity index is 364. The van der Waals surface area contributed by atoms with Gasteiger partial charge in [0.2, 0.25) is 0 Å². The second-order valence-corrected chi connectivity index (χ2v) is 3.57. The highest BCUT2D eigenvalue weighted by Gasteiger charge is 2.10. The lowest BCUT2D eigenvalue weighted by atomic mass is 9.99. The highest BCUT2D eigenvalue weighted by atomic mass is 19.3. The third-order valence-corrected chi connectivity index (χ3v) is 2.35. The third kappa shape index (κ3) is 3.29. The van der Waals surface area contributed by atoms with Crippen molar-refractivity contribution in [1.29, 1.82) is 0 Å². The van der Waals surface area contributed by atoms with Crippen LogP contribution in [0.4, 0.5) is 8.78 Å². The molecule has 0 fully saturated rings. The monoisotopic (exact) mass is 228 g/mol. The van der Waals surface area contributed by atoms with Crippen LogP contribution in [-0.2, 0) is 11.2 Å². The van der Waals surface area contributed by atoms with E-state index >= 15 is 0 Å². The summed E-state index contributed by atoms with van der Waals surface area (Å²) in [5, 5.41) is 0. The van der Waals surface area contributed by atoms with Gasteiger partial charge in [-0.3, -0.25) is 0 Å². The predicted octanol–water partition coefficient (Wildman–Crippen LogP) is 3.15. The highest BCUT2D eigenvalue weighted by Crippen LogP contribution is 2.24. The van der Waals surface area contributed by atoms with Gasteiger partial charge in [0.05, 0.1) is 0 Å². The molecule has 1 aromatic carbocycles. The maximum Gasteiger partial charge on any atom is 0.387 e. The molecule has 0 N–H and O–H groups in total. The molecular weight excluding hydrogens is 214 g/mol. The zero-order valence-electron chi connectivity index (χ0n) is 9.24. The molecule has 1 unspecified atom stereocenters. The summed E-state index contributed by atoms with van der Waals surface area (Å²) in [5.41, 5.74) is 1.58. The van der Waals surface area contributed by atoms with Gasteiger partial charge < -0.3 is 9.53 Å². The highest BCUT2D eigenvalue weighted by molar-refractivity contribution is 5.62. The van der Waals surface area contributed by atoms with E-state index in [1.165, 1.54) is 6.07 Å². The van der Waals surface area contributed by atoms with E-state index in [0.717, 1.165) is 11.8 Å². The molecule has 0 spiro atoms. The van der Waals surface area contributed by atoms with Crippen molar-refractivity contribution in [3.05, 3.63) is 29.3 Å². The Morgan fingerprint density at radius 3 is 2.56 bits per heavy atom. The van der Waals surface area contributed by atoms with Gasteiger partial charge in [0, 0.05) is 5.92 Å². The van der Waals surface area contributed by atoms with Crippen LogP contribution in [0.1, 0.15) is 30.9 Å². The molecule has 0 aliphatic carbocycles. The number of carbonyl (C=O) groups excluding carboxylic acids is 1. The summed E-state index contributed by atoms with van der Waals surface area (Å²) < 4.78 is 28.5. The first-order chi connectivity index (χ1) is 7.56. The third-order valence-electron chi connectivity index (χ3n) is 2.35. The number of halogens is 2. The first kappa shape index (κ1) is 12.6. The van der Waals surface area contributed by atoms with Gasteiger partial charge in [0.15, 0.2) is 0 Å². The Morgan fingerprint density at radius 2 is 2.06 bits per heavy atom. The topological polar surface area (TPSA) is 26.3 Å². The van der Waals surface area contributed by atoms with Crippen LogP contribution < -0.4 is 4.74 Å². The summed E-state index contributed by atoms with van der Waals surface area (Å²) in [5.74, 6) is -0.204. The van der Waals surface area contributed by atoms with E-state index in [2.05, 4.69) is 4.74 Å². The van der Waals surface area contributed by atoms with E-state index < -0.39 is 6.61 Å². The number of aldehydes is 1. The van der Waals surface area contributed by atoms with Gasteiger partial charge in [0.25, 0.3) is 0 Å². The summed E-state index contributed by atoms with van der Waals surface area (Å²) in [6.45, 7) is 0.789. The minimum atomic E-state index is -2.84. The van der Waals surface area contributed by atoms with Crippen LogP contribution in [0, 0.1) is 0 Å². The molecule has 0 aliphatic rings. The number of rotatable bonds is 5. The Balaban J connectivity index is 3.05. The van der Waals surface area contributed by atoms with Gasteiger partial charge in [-0.05, 0) is 29.7 Å². The van der Waals surface area contributed by atoms with E-state index in [1.54, 1.807) is 13.0 Å². The number of hydrogen-bond acceptors (Lipinski definition) is 2. The smallest absolute Gasteiger partial charge is 0.387 e. The van der Waals surface area contributed by atoms with Crippen molar-refractivity contribution in [3.63, 3.8) is 0 Å². The number of carbonyl (C=O) groups is 1. The zero-order valence-corrected chi connectivity index (χ0v) is 9.24. The number of ether oxygens (including phenoxy) is 1. The maximum absolute atomic E-state index is 12.1. The van der Waals surface area contributed by atoms with Crippen molar-refractivity contribution in [3.8, 4) is 5.75 Å². The fourth-order valence-corrected chi connectivity index (χ4v) is 1.40. The lowest BCUT2D eigenvalue weighted by molar-refractivity contribution is -0.108. The molecule has 0 amide bonds. The van der Waals surface area contributed by atoms with Crippen LogP contribution in [0.5, 0.6) is 5.75 Å². The zero-order chi connectivity index (χ0) is 12.1. The average molecular weight is 228 g/mol. The van der Waals surface area contributed by atoms with E-state index in [-0.39, 0.29) is 11.7 Å². The van der Waals surface area contributed by atoms with Crippen molar-refractivity contribution in [2.75, 3.05) is 0 Å². The van der Waals surface area contributed by atoms with E-state index in [9.17, 15) is 13.6 Å². The molecule has 88 valence electrons. The van der Waals surface area contributed by atoms with E-state index in [4.69, 9.17) is 0 Å². The molecule has 0 saturated carbocycles. The fourth-order valence-electron chi connectivity index (χ4n) is 1.40. The van der Waals surface area contributed by atoms with Gasteiger partial charge in [-0.2, -0.15) is 8.78 Å². The van der Waals surface area contributed by atoms with Gasteiger partial charge in [-0.25, -0.2) is 0 Å². The van der Waals surface area contributed by atoms with Crippen molar-refractivity contribution in [2.45, 2.75) is 32.8 Å². The fraction of sp³-hybridized carbons (Fsp3) is 0.417. The molecular formula is C12H14F2O2. The van der Waals surface area contributed by atoms with Gasteiger partial charge >= 0.3 is 6.61 Å². The second kappa shape index (κ2) is 5.58. The van der Waals surface area contributed by atoms with Gasteiger partial charge in [-0.1, -0.05) is 19.9 Å². The van der Waals surface area contributed by atoms with Crippen LogP contribution in [0.3, 0.4) is 0 Å². The molecule has 1 aromatic rings. The Morgan fingerprint density at radius 1 is 1.38 bits per heavy atom. The molecule has 4 heteroatoms. The summed E-state index contributed by atoms with van der Waals surface area (Å²) in [7, 11) is 0. The number of hydrogen-bond donors (Lipinski definition) is 0. The van der Waals surface area contributed by atoms with Crippen LogP contribution in [0.25, 0.3) is 0 Å². The first-order valence-corrected chi connectivity index (χ1v) is 5.10. The molecule has 1 atom stereocenters. The molecule has 0 bridgehead atoms. The predicted molar refractivity (Wildman–Crippen MR) is 56.9 cm³/mol. The number of aryl methyl sites for hydroxylation is 1. The van der Waals surface area contributed by atoms with Crippen LogP contribution in [-0.4, -0.2) is 12.9 Å². The molecule has 0 aliphatic heterocycles. The van der Waals surface area contributed by atoms with Crippen LogP contribution in [0.2, 0.25) is 0 Å². The van der Waals surface area contributed by atoms with Crippen LogP contribution in [0.15, 0.2) is 18.2 Å². The second-order valence-electron chi connectivity index (χ2n) is 3.57. The SMILES string of the molecule is CCc1cc(OC(F)F)cc(C(C)C=O)c1. The molecule has 1 rings (SSSR count). The van der Waals surface area contributed by atoms with Gasteiger partial charge in [0.1, 0.15) is 12.0 Å². The summed E-state index contributed by atoms with van der Waals surface area (Å²) in [4.78, 5) is 10.6. The molecule has 16 heavy (non-hydrogen) atoms. The minimum absolute atomic E-state index is 0.109. The van der Waals surface area contributed by atoms with Crippen molar-refractivity contribution in [1.82, 2.24) is 0 Å². The maximum atomic E-state index is 12.1. The number of benzene rings is 1. The van der Waals surface area contributed by atoms with Crippen molar-refractivity contribution < 1.29 is 18.3 Å². The lowest BCUT2D eigenvalue weighted by Crippen LogP contribution is -2.04. The summed E-state index contributed by atoms with van der Waals surface area (Å²) in [6, 6.07) is 4.87. The summed E-state index contributed by atoms with van der Waals surface area (Å²) >= 11 is 0. The van der Waals surface area contributed by atoms with Crippen molar-refractivity contribution >= 4 is 6.29 Å². The molecule has 0 heterocycles. The Hall–Kier alpha value is -1.45. The van der Waals surface area contributed by atoms with Crippen LogP contribution >= 0.6 is 0 Å². The normalized spacial score (nSPS) is 12.6. The van der Waals surface area contributed by atoms with E-state index in [1.807, 2.05) is 13.0 Å². The standard InChI is InChI=1S/C12H14F2O2/c1-3-9-4-10(8(2)7-15)6-11(5-9)16-12(13)14/h4-8,12H,3H2,1-2H3.